The van der Waals surface area contributed by atoms with Crippen molar-refractivity contribution in [3.05, 3.63) is 137 Å². The first kappa shape index (κ1) is 42.2. The number of ether oxygens (including phenoxy) is 4. The first-order valence-electron chi connectivity index (χ1n) is 17.2. The number of aromatic nitrogens is 8. The lowest BCUT2D eigenvalue weighted by Crippen LogP contribution is -2.23. The molecule has 6 aromatic rings. The van der Waals surface area contributed by atoms with Crippen LogP contribution in [0.5, 0.6) is 34.8 Å². The Hall–Kier alpha value is -6.92. The molecular weight excluding hydrogens is 791 g/mol. The van der Waals surface area contributed by atoms with Crippen LogP contribution in [0, 0.1) is 36.5 Å². The Morgan fingerprint density at radius 2 is 1.10 bits per heavy atom. The van der Waals surface area contributed by atoms with Gasteiger partial charge in [-0.3, -0.25) is 18.7 Å². The van der Waals surface area contributed by atoms with Gasteiger partial charge in [0.1, 0.15) is 11.5 Å². The fraction of sp³-hybridized carbons (Fsp3) is 0.231. The third kappa shape index (κ3) is 10.3. The van der Waals surface area contributed by atoms with Crippen molar-refractivity contribution in [1.82, 2.24) is 39.5 Å². The van der Waals surface area contributed by atoms with Gasteiger partial charge in [-0.2, -0.15) is 15.6 Å². The Balaban J connectivity index is 0.000000221. The molecule has 0 bridgehead atoms. The van der Waals surface area contributed by atoms with E-state index in [9.17, 15) is 14.7 Å². The molecule has 296 valence electrons. The molecule has 0 saturated heterocycles. The fourth-order valence-electron chi connectivity index (χ4n) is 5.29. The highest BCUT2D eigenvalue weighted by atomic mass is 35.5. The van der Waals surface area contributed by atoms with Crippen molar-refractivity contribution in [2.24, 2.45) is 0 Å². The van der Waals surface area contributed by atoms with E-state index in [1.165, 1.54) is 72.4 Å². The summed E-state index contributed by atoms with van der Waals surface area (Å²) in [4.78, 5) is 34.4. The molecule has 0 aliphatic rings. The maximum atomic E-state index is 13.0. The summed E-state index contributed by atoms with van der Waals surface area (Å²) in [7, 11) is 2.93. The zero-order valence-corrected chi connectivity index (χ0v) is 33.2. The van der Waals surface area contributed by atoms with E-state index in [2.05, 4.69) is 30.4 Å². The minimum absolute atomic E-state index is 0.00187. The monoisotopic (exact) mass is 824 g/mol. The molecule has 0 radical (unpaired) electrons. The molecule has 0 aliphatic carbocycles. The molecule has 0 aliphatic heterocycles. The van der Waals surface area contributed by atoms with Crippen LogP contribution >= 0.6 is 23.2 Å². The number of methoxy groups -OCH3 is 2. The highest BCUT2D eigenvalue weighted by Gasteiger charge is 2.17. The van der Waals surface area contributed by atoms with Gasteiger partial charge in [0.05, 0.1) is 92.6 Å². The highest BCUT2D eigenvalue weighted by molar-refractivity contribution is 6.31. The molecule has 58 heavy (non-hydrogen) atoms. The second kappa shape index (κ2) is 19.3. The maximum Gasteiger partial charge on any atom is 0.296 e. The third-order valence-corrected chi connectivity index (χ3v) is 8.59. The molecule has 0 unspecified atom stereocenters. The number of rotatable bonds is 12. The highest BCUT2D eigenvalue weighted by Crippen LogP contribution is 2.27. The first-order chi connectivity index (χ1) is 27.9. The van der Waals surface area contributed by atoms with Crippen molar-refractivity contribution in [3.8, 4) is 46.9 Å². The predicted octanol–water partition coefficient (Wildman–Crippen LogP) is 5.49. The summed E-state index contributed by atoms with van der Waals surface area (Å²) >= 11 is 12.0. The topological polar surface area (TPSA) is 226 Å². The summed E-state index contributed by atoms with van der Waals surface area (Å²) in [6, 6.07) is 16.4. The van der Waals surface area contributed by atoms with E-state index >= 15 is 0 Å². The van der Waals surface area contributed by atoms with Gasteiger partial charge in [-0.1, -0.05) is 30.1 Å². The van der Waals surface area contributed by atoms with Crippen LogP contribution < -0.4 is 30.1 Å². The zero-order valence-electron chi connectivity index (χ0n) is 31.7. The van der Waals surface area contributed by atoms with Gasteiger partial charge < -0.3 is 24.1 Å². The first-order valence-corrected chi connectivity index (χ1v) is 17.9. The molecule has 0 spiro atoms. The van der Waals surface area contributed by atoms with Crippen molar-refractivity contribution in [2.45, 2.75) is 46.9 Å². The summed E-state index contributed by atoms with van der Waals surface area (Å²) in [6.07, 6.45) is 3.52. The van der Waals surface area contributed by atoms with Crippen LogP contribution in [-0.4, -0.2) is 58.8 Å². The summed E-state index contributed by atoms with van der Waals surface area (Å²) in [6.45, 7) is 5.23. The average Bonchev–Trinajstić information content (AvgIpc) is 3.22. The van der Waals surface area contributed by atoms with Gasteiger partial charge in [-0.25, -0.2) is 9.97 Å². The van der Waals surface area contributed by atoms with Gasteiger partial charge in [-0.05, 0) is 68.8 Å². The van der Waals surface area contributed by atoms with Crippen LogP contribution in [0.2, 0.25) is 10.0 Å². The molecule has 1 N–H and O–H groups in total. The summed E-state index contributed by atoms with van der Waals surface area (Å²) < 4.78 is 24.6. The van der Waals surface area contributed by atoms with Gasteiger partial charge in [-0.15, -0.1) is 15.3 Å². The number of aliphatic hydroxyl groups is 1. The number of aliphatic hydroxyl groups excluding tert-OH is 1. The van der Waals surface area contributed by atoms with E-state index in [0.717, 1.165) is 5.69 Å². The minimum atomic E-state index is -0.444. The number of benzene rings is 2. The summed E-state index contributed by atoms with van der Waals surface area (Å²) in [5, 5.41) is 43.9. The van der Waals surface area contributed by atoms with Crippen molar-refractivity contribution in [1.29, 1.82) is 10.5 Å². The van der Waals surface area contributed by atoms with E-state index in [1.807, 2.05) is 25.1 Å². The van der Waals surface area contributed by atoms with Gasteiger partial charge in [0.2, 0.25) is 23.3 Å². The van der Waals surface area contributed by atoms with Crippen LogP contribution in [0.15, 0.2) is 70.8 Å². The number of nitriles is 2. The standard InChI is InChI=1S/C20H18ClN5O3.C19H16ClN5O4/c1-4-16-7-14(19(28-3)25-24-16)10-26-11-23-12(2)18(20(26)27)29-17-6-13(9-22)5-15(21)8-17;1-11-17(29-16-4-12(7-21)3-14(20)6-16)19(27)25(10-22-11)8-13-5-15(9-26)23-24-18(13)28-2/h5-8,11H,4,10H2,1-3H3;3-6,10,26H,8-9H2,1-2H3. The number of aryl methyl sites for hydroxylation is 3. The Bertz CT molecular complexity index is 2490. The lowest BCUT2D eigenvalue weighted by atomic mass is 10.2. The molecule has 0 fully saturated rings. The molecule has 0 saturated carbocycles. The summed E-state index contributed by atoms with van der Waals surface area (Å²) in [5.41, 5.74) is 2.97. The number of hydrogen-bond acceptors (Lipinski definition) is 15. The fourth-order valence-corrected chi connectivity index (χ4v) is 5.74. The summed E-state index contributed by atoms with van der Waals surface area (Å²) in [5.74, 6) is 1.15. The largest absolute Gasteiger partial charge is 0.480 e. The van der Waals surface area contributed by atoms with Gasteiger partial charge >= 0.3 is 0 Å². The number of nitrogens with zero attached hydrogens (tertiary/aromatic N) is 10. The molecule has 0 amide bonds. The van der Waals surface area contributed by atoms with Crippen LogP contribution in [0.25, 0.3) is 0 Å². The van der Waals surface area contributed by atoms with Gasteiger partial charge in [0.25, 0.3) is 11.1 Å². The van der Waals surface area contributed by atoms with Crippen LogP contribution in [0.3, 0.4) is 0 Å². The van der Waals surface area contributed by atoms with Crippen molar-refractivity contribution in [3.63, 3.8) is 0 Å². The minimum Gasteiger partial charge on any atom is -0.480 e. The number of hydrogen-bond donors (Lipinski definition) is 1. The van der Waals surface area contributed by atoms with Crippen molar-refractivity contribution < 1.29 is 24.1 Å². The zero-order chi connectivity index (χ0) is 41.9. The lowest BCUT2D eigenvalue weighted by molar-refractivity contribution is 0.273. The molecule has 0 atom stereocenters. The van der Waals surface area contributed by atoms with Crippen molar-refractivity contribution in [2.75, 3.05) is 14.2 Å². The average molecular weight is 826 g/mol. The lowest BCUT2D eigenvalue weighted by Gasteiger charge is -2.13. The molecule has 6 rings (SSSR count). The van der Waals surface area contributed by atoms with E-state index in [1.54, 1.807) is 19.9 Å². The van der Waals surface area contributed by atoms with Crippen molar-refractivity contribution >= 4 is 23.2 Å². The molecular formula is C39H34Cl2N10O7. The van der Waals surface area contributed by atoms with Crippen LogP contribution in [0.1, 0.15) is 52.0 Å². The third-order valence-electron chi connectivity index (χ3n) is 8.15. The van der Waals surface area contributed by atoms with E-state index in [0.29, 0.717) is 61.7 Å². The second-order valence-electron chi connectivity index (χ2n) is 12.2. The quantitative estimate of drug-likeness (QED) is 0.161. The normalized spacial score (nSPS) is 10.4. The Labute approximate surface area is 341 Å². The van der Waals surface area contributed by atoms with Gasteiger partial charge in [0.15, 0.2) is 0 Å². The Morgan fingerprint density at radius 1 is 0.672 bits per heavy atom. The van der Waals surface area contributed by atoms with E-state index in [4.69, 9.17) is 52.7 Å². The Morgan fingerprint density at radius 3 is 1.50 bits per heavy atom. The van der Waals surface area contributed by atoms with Crippen LogP contribution in [-0.2, 0) is 26.1 Å². The van der Waals surface area contributed by atoms with Crippen LogP contribution in [0.4, 0.5) is 0 Å². The predicted molar refractivity (Wildman–Crippen MR) is 210 cm³/mol. The maximum absolute atomic E-state index is 13.0. The molecule has 4 aromatic heterocycles. The van der Waals surface area contributed by atoms with E-state index < -0.39 is 5.56 Å². The molecule has 17 nitrogen and oxygen atoms in total. The number of halogens is 2. The second-order valence-corrected chi connectivity index (χ2v) is 13.1. The Kier molecular flexibility index (Phi) is 14.0. The molecule has 4 heterocycles. The smallest absolute Gasteiger partial charge is 0.296 e. The van der Waals surface area contributed by atoms with E-state index in [-0.39, 0.29) is 54.1 Å². The van der Waals surface area contributed by atoms with Gasteiger partial charge in [0, 0.05) is 21.2 Å². The molecule has 2 aromatic carbocycles. The SMILES string of the molecule is CCc1cc(Cn2cnc(C)c(Oc3cc(Cl)cc(C#N)c3)c2=O)c(OC)nn1.COc1nnc(CO)cc1Cn1cnc(C)c(Oc2cc(Cl)cc(C#N)c2)c1=O. The molecule has 19 heteroatoms.